The number of carboxylic acid groups (broad SMARTS) is 1. The molecule has 1 aromatic rings. The van der Waals surface area contributed by atoms with Gasteiger partial charge in [-0.2, -0.15) is 0 Å². The molecule has 1 saturated heterocycles. The Kier molecular flexibility index (Phi) is 4.06. The van der Waals surface area contributed by atoms with E-state index in [0.29, 0.717) is 24.4 Å². The van der Waals surface area contributed by atoms with Crippen LogP contribution in [-0.2, 0) is 9.53 Å². The van der Waals surface area contributed by atoms with E-state index in [1.54, 1.807) is 23.1 Å². The van der Waals surface area contributed by atoms with Gasteiger partial charge in [-0.1, -0.05) is 15.9 Å². The molecule has 0 aromatic heterocycles. The number of nitrogens with two attached hydrogens (primary N) is 1. The van der Waals surface area contributed by atoms with Crippen LogP contribution in [0.3, 0.4) is 0 Å². The third kappa shape index (κ3) is 3.05. The van der Waals surface area contributed by atoms with E-state index in [9.17, 15) is 9.59 Å². The number of benzene rings is 1. The molecule has 1 aliphatic rings. The highest BCUT2D eigenvalue weighted by atomic mass is 79.9. The van der Waals surface area contributed by atoms with Crippen LogP contribution in [0.15, 0.2) is 22.7 Å². The maximum absolute atomic E-state index is 11.4. The van der Waals surface area contributed by atoms with E-state index in [1.165, 1.54) is 0 Å². The van der Waals surface area contributed by atoms with Gasteiger partial charge >= 0.3 is 5.97 Å². The number of morpholine rings is 1. The van der Waals surface area contributed by atoms with Crippen LogP contribution in [0.2, 0.25) is 0 Å². The fraction of sp³-hybridized carbons (Fsp3) is 0.333. The van der Waals surface area contributed by atoms with Crippen molar-refractivity contribution in [2.75, 3.05) is 24.6 Å². The highest BCUT2D eigenvalue weighted by molar-refractivity contribution is 9.10. The molecule has 1 heterocycles. The van der Waals surface area contributed by atoms with Gasteiger partial charge in [0.25, 0.3) is 5.91 Å². The Labute approximate surface area is 118 Å². The summed E-state index contributed by atoms with van der Waals surface area (Å²) >= 11 is 3.33. The first-order valence-corrected chi connectivity index (χ1v) is 6.47. The summed E-state index contributed by atoms with van der Waals surface area (Å²) in [5, 5.41) is 8.98. The molecule has 2 rings (SSSR count). The standard InChI is InChI=1S/C12H13BrN2O4/c13-7-1-2-8(11(14)16)9(5-7)15-3-4-19-10(6-15)12(17)18/h1-2,5,10H,3-4,6H2,(H2,14,16)(H,17,18). The summed E-state index contributed by atoms with van der Waals surface area (Å²) in [6.45, 7) is 0.994. The molecule has 1 aliphatic heterocycles. The summed E-state index contributed by atoms with van der Waals surface area (Å²) in [6.07, 6.45) is -0.895. The van der Waals surface area contributed by atoms with Gasteiger partial charge in [0.15, 0.2) is 6.10 Å². The lowest BCUT2D eigenvalue weighted by atomic mass is 10.1. The van der Waals surface area contributed by atoms with E-state index in [0.717, 1.165) is 4.47 Å². The zero-order valence-electron chi connectivity index (χ0n) is 10.0. The predicted molar refractivity (Wildman–Crippen MR) is 72.2 cm³/mol. The molecule has 1 unspecified atom stereocenters. The molecule has 1 atom stereocenters. The largest absolute Gasteiger partial charge is 0.479 e. The van der Waals surface area contributed by atoms with Gasteiger partial charge in [0.05, 0.1) is 24.4 Å². The average molecular weight is 329 g/mol. The maximum Gasteiger partial charge on any atom is 0.334 e. The molecule has 0 aliphatic carbocycles. The van der Waals surface area contributed by atoms with Gasteiger partial charge in [-0.25, -0.2) is 4.79 Å². The normalized spacial score (nSPS) is 19.2. The minimum atomic E-state index is -1.01. The van der Waals surface area contributed by atoms with Crippen molar-refractivity contribution in [2.24, 2.45) is 5.73 Å². The number of nitrogens with zero attached hydrogens (tertiary/aromatic N) is 1. The van der Waals surface area contributed by atoms with Crippen molar-refractivity contribution in [1.82, 2.24) is 0 Å². The number of rotatable bonds is 3. The van der Waals surface area contributed by atoms with Crippen molar-refractivity contribution in [3.05, 3.63) is 28.2 Å². The number of anilines is 1. The van der Waals surface area contributed by atoms with Crippen molar-refractivity contribution < 1.29 is 19.4 Å². The Bertz CT molecular complexity index is 520. The quantitative estimate of drug-likeness (QED) is 0.857. The molecule has 6 nitrogen and oxygen atoms in total. The highest BCUT2D eigenvalue weighted by Crippen LogP contribution is 2.26. The van der Waals surface area contributed by atoms with Crippen molar-refractivity contribution >= 4 is 33.5 Å². The molecule has 1 amide bonds. The van der Waals surface area contributed by atoms with Crippen LogP contribution >= 0.6 is 15.9 Å². The summed E-state index contributed by atoms with van der Waals surface area (Å²) < 4.78 is 5.95. The molecular formula is C12H13BrN2O4. The molecule has 3 N–H and O–H groups in total. The molecule has 0 saturated carbocycles. The Morgan fingerprint density at radius 3 is 2.84 bits per heavy atom. The molecule has 19 heavy (non-hydrogen) atoms. The topological polar surface area (TPSA) is 92.9 Å². The number of amides is 1. The van der Waals surface area contributed by atoms with E-state index in [1.807, 2.05) is 0 Å². The Hall–Kier alpha value is -1.60. The van der Waals surface area contributed by atoms with Gasteiger partial charge in [-0.05, 0) is 18.2 Å². The van der Waals surface area contributed by atoms with E-state index >= 15 is 0 Å². The van der Waals surface area contributed by atoms with Crippen molar-refractivity contribution in [3.8, 4) is 0 Å². The minimum Gasteiger partial charge on any atom is -0.479 e. The lowest BCUT2D eigenvalue weighted by molar-refractivity contribution is -0.150. The summed E-state index contributed by atoms with van der Waals surface area (Å²) in [5.41, 5.74) is 6.33. The van der Waals surface area contributed by atoms with Gasteiger partial charge in [0, 0.05) is 11.0 Å². The summed E-state index contributed by atoms with van der Waals surface area (Å²) in [5.74, 6) is -1.55. The number of ether oxygens (including phenoxy) is 1. The van der Waals surface area contributed by atoms with E-state index < -0.39 is 18.0 Å². The van der Waals surface area contributed by atoms with Crippen LogP contribution in [-0.4, -0.2) is 42.8 Å². The third-order valence-electron chi connectivity index (χ3n) is 2.91. The second kappa shape index (κ2) is 5.58. The third-order valence-corrected chi connectivity index (χ3v) is 3.40. The van der Waals surface area contributed by atoms with Crippen LogP contribution < -0.4 is 10.6 Å². The molecular weight excluding hydrogens is 316 g/mol. The molecule has 0 bridgehead atoms. The van der Waals surface area contributed by atoms with Gasteiger partial charge in [0.2, 0.25) is 0 Å². The number of hydrogen-bond donors (Lipinski definition) is 2. The molecule has 0 spiro atoms. The lowest BCUT2D eigenvalue weighted by Crippen LogP contribution is -2.46. The van der Waals surface area contributed by atoms with Crippen molar-refractivity contribution in [1.29, 1.82) is 0 Å². The Balaban J connectivity index is 2.32. The van der Waals surface area contributed by atoms with Gasteiger partial charge in [-0.3, -0.25) is 4.79 Å². The van der Waals surface area contributed by atoms with Crippen LogP contribution in [0, 0.1) is 0 Å². The molecule has 102 valence electrons. The summed E-state index contributed by atoms with van der Waals surface area (Å²) in [6, 6.07) is 5.09. The number of hydrogen-bond acceptors (Lipinski definition) is 4. The van der Waals surface area contributed by atoms with E-state index in [-0.39, 0.29) is 6.54 Å². The number of primary amides is 1. The summed E-state index contributed by atoms with van der Waals surface area (Å²) in [4.78, 5) is 24.2. The van der Waals surface area contributed by atoms with Crippen LogP contribution in [0.25, 0.3) is 0 Å². The maximum atomic E-state index is 11.4. The Morgan fingerprint density at radius 1 is 1.47 bits per heavy atom. The first-order valence-electron chi connectivity index (χ1n) is 5.67. The number of halogens is 1. The molecule has 1 aromatic carbocycles. The SMILES string of the molecule is NC(=O)c1ccc(Br)cc1N1CCOC(C(=O)O)C1. The first-order chi connectivity index (χ1) is 8.99. The average Bonchev–Trinajstić information content (AvgIpc) is 2.38. The monoisotopic (exact) mass is 328 g/mol. The van der Waals surface area contributed by atoms with E-state index in [4.69, 9.17) is 15.6 Å². The zero-order valence-corrected chi connectivity index (χ0v) is 11.6. The lowest BCUT2D eigenvalue weighted by Gasteiger charge is -2.33. The van der Waals surface area contributed by atoms with Crippen molar-refractivity contribution in [2.45, 2.75) is 6.10 Å². The second-order valence-corrected chi connectivity index (χ2v) is 5.09. The first kappa shape index (κ1) is 13.8. The van der Waals surface area contributed by atoms with Crippen LogP contribution in [0.1, 0.15) is 10.4 Å². The van der Waals surface area contributed by atoms with Crippen LogP contribution in [0.5, 0.6) is 0 Å². The van der Waals surface area contributed by atoms with E-state index in [2.05, 4.69) is 15.9 Å². The predicted octanol–water partition coefficient (Wildman–Crippen LogP) is 0.838. The molecule has 1 fully saturated rings. The molecule has 7 heteroatoms. The fourth-order valence-corrected chi connectivity index (χ4v) is 2.34. The number of carboxylic acids is 1. The minimum absolute atomic E-state index is 0.187. The smallest absolute Gasteiger partial charge is 0.334 e. The van der Waals surface area contributed by atoms with Gasteiger partial charge < -0.3 is 20.5 Å². The Morgan fingerprint density at radius 2 is 2.21 bits per heavy atom. The fourth-order valence-electron chi connectivity index (χ4n) is 1.99. The highest BCUT2D eigenvalue weighted by Gasteiger charge is 2.28. The van der Waals surface area contributed by atoms with Gasteiger partial charge in [-0.15, -0.1) is 0 Å². The number of carbonyl (C=O) groups is 2. The van der Waals surface area contributed by atoms with Crippen LogP contribution in [0.4, 0.5) is 5.69 Å². The number of aliphatic carboxylic acids is 1. The van der Waals surface area contributed by atoms with Gasteiger partial charge in [0.1, 0.15) is 0 Å². The second-order valence-electron chi connectivity index (χ2n) is 4.17. The molecule has 0 radical (unpaired) electrons. The zero-order chi connectivity index (χ0) is 14.0. The van der Waals surface area contributed by atoms with Crippen molar-refractivity contribution in [3.63, 3.8) is 0 Å². The summed E-state index contributed by atoms with van der Waals surface area (Å²) in [7, 11) is 0. The number of carbonyl (C=O) groups excluding carboxylic acids is 1.